The van der Waals surface area contributed by atoms with Gasteiger partial charge in [-0.3, -0.25) is 4.99 Å². The molecular formula is C15H13ClF2N2. The molecule has 104 valence electrons. The highest BCUT2D eigenvalue weighted by Crippen LogP contribution is 2.30. The van der Waals surface area contributed by atoms with Crippen molar-refractivity contribution in [3.8, 4) is 0 Å². The summed E-state index contributed by atoms with van der Waals surface area (Å²) in [6.07, 6.45) is 0.439. The van der Waals surface area contributed by atoms with Gasteiger partial charge in [-0.05, 0) is 23.8 Å². The average molecular weight is 295 g/mol. The van der Waals surface area contributed by atoms with Crippen molar-refractivity contribution in [2.75, 3.05) is 0 Å². The Morgan fingerprint density at radius 3 is 2.45 bits per heavy atom. The van der Waals surface area contributed by atoms with E-state index in [9.17, 15) is 8.78 Å². The average Bonchev–Trinajstić information content (AvgIpc) is 2.41. The van der Waals surface area contributed by atoms with Crippen molar-refractivity contribution in [3.05, 3.63) is 70.8 Å². The second-order valence-electron chi connectivity index (χ2n) is 4.55. The summed E-state index contributed by atoms with van der Waals surface area (Å²) in [7, 11) is 0. The predicted octanol–water partition coefficient (Wildman–Crippen LogP) is 3.39. The van der Waals surface area contributed by atoms with Crippen molar-refractivity contribution in [1.29, 1.82) is 0 Å². The van der Waals surface area contributed by atoms with Gasteiger partial charge in [0.2, 0.25) is 0 Å². The zero-order valence-corrected chi connectivity index (χ0v) is 11.3. The van der Waals surface area contributed by atoms with E-state index in [0.29, 0.717) is 23.4 Å². The largest absolute Gasteiger partial charge is 0.383 e. The molecule has 1 aliphatic rings. The van der Waals surface area contributed by atoms with E-state index in [-0.39, 0.29) is 30.1 Å². The molecule has 2 N–H and O–H groups in total. The highest BCUT2D eigenvalue weighted by molar-refractivity contribution is 5.99. The number of hydrogen-bond acceptors (Lipinski definition) is 2. The molecule has 0 saturated carbocycles. The number of halogens is 3. The van der Waals surface area contributed by atoms with Crippen LogP contribution in [0.15, 0.2) is 47.5 Å². The molecule has 0 radical (unpaired) electrons. The van der Waals surface area contributed by atoms with Gasteiger partial charge in [0.05, 0.1) is 6.04 Å². The van der Waals surface area contributed by atoms with Gasteiger partial charge in [-0.2, -0.15) is 0 Å². The van der Waals surface area contributed by atoms with E-state index in [4.69, 9.17) is 5.73 Å². The Morgan fingerprint density at radius 1 is 1.05 bits per heavy atom. The lowest BCUT2D eigenvalue weighted by Crippen LogP contribution is -2.23. The number of nitrogens with two attached hydrogens (primary N) is 1. The molecule has 1 heterocycles. The Hall–Kier alpha value is -1.94. The molecule has 0 saturated heterocycles. The summed E-state index contributed by atoms with van der Waals surface area (Å²) in [5.41, 5.74) is 7.94. The summed E-state index contributed by atoms with van der Waals surface area (Å²) in [6.45, 7) is 0. The lowest BCUT2D eigenvalue weighted by atomic mass is 9.92. The maximum absolute atomic E-state index is 13.8. The van der Waals surface area contributed by atoms with Crippen molar-refractivity contribution in [2.24, 2.45) is 10.7 Å². The van der Waals surface area contributed by atoms with Crippen molar-refractivity contribution < 1.29 is 8.78 Å². The summed E-state index contributed by atoms with van der Waals surface area (Å²) in [6, 6.07) is 10.6. The van der Waals surface area contributed by atoms with E-state index in [1.54, 1.807) is 24.3 Å². The Bertz CT molecular complexity index is 653. The summed E-state index contributed by atoms with van der Waals surface area (Å²) >= 11 is 0. The highest BCUT2D eigenvalue weighted by Gasteiger charge is 2.23. The minimum absolute atomic E-state index is 0. The van der Waals surface area contributed by atoms with E-state index in [2.05, 4.69) is 4.99 Å². The SMILES string of the molecule is Cl.NC1=NC(c2ccc(F)cc2)Cc2c(F)cccc21. The fourth-order valence-corrected chi connectivity index (χ4v) is 2.36. The first-order chi connectivity index (χ1) is 9.15. The van der Waals surface area contributed by atoms with E-state index in [1.807, 2.05) is 0 Å². The number of fused-ring (bicyclic) bond motifs is 1. The zero-order chi connectivity index (χ0) is 13.4. The molecule has 3 rings (SSSR count). The van der Waals surface area contributed by atoms with E-state index in [0.717, 1.165) is 5.56 Å². The van der Waals surface area contributed by atoms with Gasteiger partial charge in [0.1, 0.15) is 17.5 Å². The van der Waals surface area contributed by atoms with Gasteiger partial charge >= 0.3 is 0 Å². The van der Waals surface area contributed by atoms with Gasteiger partial charge in [-0.1, -0.05) is 24.3 Å². The van der Waals surface area contributed by atoms with Crippen molar-refractivity contribution in [2.45, 2.75) is 12.5 Å². The van der Waals surface area contributed by atoms with Crippen LogP contribution in [0, 0.1) is 11.6 Å². The van der Waals surface area contributed by atoms with Gasteiger partial charge in [0.25, 0.3) is 0 Å². The summed E-state index contributed by atoms with van der Waals surface area (Å²) < 4.78 is 26.7. The molecule has 0 fully saturated rings. The van der Waals surface area contributed by atoms with Crippen molar-refractivity contribution in [3.63, 3.8) is 0 Å². The third-order valence-corrected chi connectivity index (χ3v) is 3.34. The van der Waals surface area contributed by atoms with Crippen LogP contribution < -0.4 is 5.73 Å². The van der Waals surface area contributed by atoms with Crippen molar-refractivity contribution in [1.82, 2.24) is 0 Å². The van der Waals surface area contributed by atoms with Crippen LogP contribution in [0.2, 0.25) is 0 Å². The third-order valence-electron chi connectivity index (χ3n) is 3.34. The number of nitrogens with zero attached hydrogens (tertiary/aromatic N) is 1. The number of hydrogen-bond donors (Lipinski definition) is 1. The first-order valence-electron chi connectivity index (χ1n) is 6.01. The standard InChI is InChI=1S/C15H12F2N2.ClH/c16-10-6-4-9(5-7-10)14-8-12-11(15(18)19-14)2-1-3-13(12)17;/h1-7,14H,8H2,(H2,18,19);1H. The van der Waals surface area contributed by atoms with Crippen LogP contribution in [0.25, 0.3) is 0 Å². The molecule has 0 amide bonds. The molecular weight excluding hydrogens is 282 g/mol. The number of rotatable bonds is 1. The lowest BCUT2D eigenvalue weighted by Gasteiger charge is -2.22. The molecule has 1 aliphatic heterocycles. The van der Waals surface area contributed by atoms with E-state index in [1.165, 1.54) is 18.2 Å². The Morgan fingerprint density at radius 2 is 1.75 bits per heavy atom. The van der Waals surface area contributed by atoms with E-state index < -0.39 is 0 Å². The van der Waals surface area contributed by atoms with Crippen LogP contribution in [0.1, 0.15) is 22.7 Å². The Labute approximate surface area is 121 Å². The minimum atomic E-state index is -0.303. The summed E-state index contributed by atoms with van der Waals surface area (Å²) in [5.74, 6) is -0.249. The molecule has 0 aromatic heterocycles. The molecule has 2 aromatic rings. The van der Waals surface area contributed by atoms with Crippen molar-refractivity contribution >= 4 is 18.2 Å². The van der Waals surface area contributed by atoms with Crippen LogP contribution in [0.5, 0.6) is 0 Å². The summed E-state index contributed by atoms with van der Waals surface area (Å²) in [5, 5.41) is 0. The zero-order valence-electron chi connectivity index (χ0n) is 10.5. The molecule has 5 heteroatoms. The first-order valence-corrected chi connectivity index (χ1v) is 6.01. The van der Waals surface area contributed by atoms with Gasteiger partial charge in [-0.25, -0.2) is 8.78 Å². The molecule has 1 unspecified atom stereocenters. The van der Waals surface area contributed by atoms with Gasteiger partial charge < -0.3 is 5.73 Å². The minimum Gasteiger partial charge on any atom is -0.383 e. The maximum atomic E-state index is 13.8. The summed E-state index contributed by atoms with van der Waals surface area (Å²) in [4.78, 5) is 4.37. The molecule has 0 bridgehead atoms. The Kier molecular flexibility index (Phi) is 4.04. The topological polar surface area (TPSA) is 38.4 Å². The molecule has 2 nitrogen and oxygen atoms in total. The van der Waals surface area contributed by atoms with Gasteiger partial charge in [0.15, 0.2) is 0 Å². The molecule has 2 aromatic carbocycles. The smallest absolute Gasteiger partial charge is 0.127 e. The Balaban J connectivity index is 0.00000147. The highest BCUT2D eigenvalue weighted by atomic mass is 35.5. The van der Waals surface area contributed by atoms with E-state index >= 15 is 0 Å². The van der Waals surface area contributed by atoms with Crippen LogP contribution >= 0.6 is 12.4 Å². The molecule has 0 aliphatic carbocycles. The fourth-order valence-electron chi connectivity index (χ4n) is 2.36. The molecule has 1 atom stereocenters. The number of aliphatic imine (C=N–C) groups is 1. The maximum Gasteiger partial charge on any atom is 0.127 e. The fraction of sp³-hybridized carbons (Fsp3) is 0.133. The van der Waals surface area contributed by atoms with Crippen LogP contribution in [0.3, 0.4) is 0 Å². The number of benzene rings is 2. The number of amidine groups is 1. The van der Waals surface area contributed by atoms with Crippen LogP contribution in [-0.2, 0) is 6.42 Å². The second-order valence-corrected chi connectivity index (χ2v) is 4.55. The van der Waals surface area contributed by atoms with Gasteiger partial charge in [0, 0.05) is 17.5 Å². The normalized spacial score (nSPS) is 16.9. The molecule has 20 heavy (non-hydrogen) atoms. The monoisotopic (exact) mass is 294 g/mol. The van der Waals surface area contributed by atoms with Crippen LogP contribution in [0.4, 0.5) is 8.78 Å². The first kappa shape index (κ1) is 14.5. The second kappa shape index (κ2) is 5.59. The molecule has 0 spiro atoms. The quantitative estimate of drug-likeness (QED) is 0.860. The van der Waals surface area contributed by atoms with Gasteiger partial charge in [-0.15, -0.1) is 12.4 Å². The van der Waals surface area contributed by atoms with Crippen LogP contribution in [-0.4, -0.2) is 5.84 Å². The third kappa shape index (κ3) is 2.51. The lowest BCUT2D eigenvalue weighted by molar-refractivity contribution is 0.587. The predicted molar refractivity (Wildman–Crippen MR) is 77.2 cm³/mol.